The van der Waals surface area contributed by atoms with E-state index in [4.69, 9.17) is 8.85 Å². The Morgan fingerprint density at radius 2 is 1.54 bits per heavy atom. The molecule has 0 aliphatic heterocycles. The lowest BCUT2D eigenvalue weighted by molar-refractivity contribution is -0.599. The Hall–Kier alpha value is -5.23. The summed E-state index contributed by atoms with van der Waals surface area (Å²) in [7, 11) is 0. The van der Waals surface area contributed by atoms with Crippen LogP contribution >= 0.6 is 0 Å². The van der Waals surface area contributed by atoms with Gasteiger partial charge >= 0.3 is 0 Å². The fraction of sp³-hybridized carbons (Fsp3) is 0.225. The van der Waals surface area contributed by atoms with Crippen molar-refractivity contribution in [2.24, 2.45) is 0 Å². The number of hydrogen-bond acceptors (Lipinski definition) is 3. The quantitative estimate of drug-likeness (QED) is 0.145. The van der Waals surface area contributed by atoms with E-state index in [-0.39, 0.29) is 16.4 Å². The van der Waals surface area contributed by atoms with Crippen molar-refractivity contribution in [2.45, 2.75) is 59.2 Å². The predicted molar refractivity (Wildman–Crippen MR) is 185 cm³/mol. The second kappa shape index (κ2) is 11.0. The molecule has 0 atom stereocenters. The fourth-order valence-corrected chi connectivity index (χ4v) is 5.75. The Morgan fingerprint density at radius 1 is 0.783 bits per heavy atom. The van der Waals surface area contributed by atoms with Crippen LogP contribution in [-0.4, -0.2) is 19.1 Å². The fourth-order valence-electron chi connectivity index (χ4n) is 5.75. The molecule has 46 heavy (non-hydrogen) atoms. The number of rotatable bonds is 5. The number of pyridine rings is 2. The summed E-state index contributed by atoms with van der Waals surface area (Å²) in [5.41, 5.74) is 6.43. The number of ether oxygens (including phenoxy) is 1. The van der Waals surface area contributed by atoms with Gasteiger partial charge in [-0.1, -0.05) is 65.8 Å². The van der Waals surface area contributed by atoms with Gasteiger partial charge in [0.15, 0.2) is 0 Å². The summed E-state index contributed by atoms with van der Waals surface area (Å²) >= 11 is 0. The highest BCUT2D eigenvalue weighted by Gasteiger charge is 2.21. The molecule has 4 aromatic heterocycles. The molecule has 230 valence electrons. The lowest BCUT2D eigenvalue weighted by atomic mass is 9.80. The number of benzene rings is 3. The first-order chi connectivity index (χ1) is 23.1. The molecule has 7 rings (SSSR count). The topological polar surface area (TPSA) is 48.8 Å². The van der Waals surface area contributed by atoms with Gasteiger partial charge in [-0.2, -0.15) is 0 Å². The van der Waals surface area contributed by atoms with E-state index in [1.165, 1.54) is 17.2 Å². The maximum absolute atomic E-state index is 7.93. The minimum Gasteiger partial charge on any atom is -0.456 e. The van der Waals surface area contributed by atoms with Gasteiger partial charge in [-0.3, -0.25) is 18.7 Å². The van der Waals surface area contributed by atoms with Gasteiger partial charge in [0, 0.05) is 45.7 Å². The minimum atomic E-state index is -2.25. The highest BCUT2D eigenvalue weighted by Crippen LogP contribution is 2.35. The van der Waals surface area contributed by atoms with Crippen molar-refractivity contribution < 1.29 is 13.4 Å². The van der Waals surface area contributed by atoms with E-state index in [0.29, 0.717) is 17.3 Å². The summed E-state index contributed by atoms with van der Waals surface area (Å²) in [6, 6.07) is 25.8. The summed E-state index contributed by atoms with van der Waals surface area (Å²) in [5, 5.41) is 2.04. The molecule has 6 nitrogen and oxygen atoms in total. The number of aromatic nitrogens is 5. The summed E-state index contributed by atoms with van der Waals surface area (Å²) in [6.45, 7) is 11.2. The van der Waals surface area contributed by atoms with Crippen molar-refractivity contribution in [1.29, 1.82) is 0 Å². The molecule has 0 N–H and O–H groups in total. The lowest BCUT2D eigenvalue weighted by Crippen LogP contribution is -2.30. The van der Waals surface area contributed by atoms with E-state index in [1.807, 2.05) is 68.6 Å². The predicted octanol–water partition coefficient (Wildman–Crippen LogP) is 9.14. The Bertz CT molecular complexity index is 2310. The van der Waals surface area contributed by atoms with Crippen molar-refractivity contribution in [3.05, 3.63) is 133 Å². The number of fused-ring (bicyclic) bond motifs is 3. The summed E-state index contributed by atoms with van der Waals surface area (Å²) in [6.07, 6.45) is 12.4. The third-order valence-electron chi connectivity index (χ3n) is 8.34. The van der Waals surface area contributed by atoms with Crippen LogP contribution in [0, 0.1) is 13.2 Å². The average Bonchev–Trinajstić information content (AvgIpc) is 3.67. The SMILES string of the molecule is [2H]C([2H])([2H])c1ccnc(-n2c3ccccc3c3ccc(Oc4cncc(-n5[c-][n+](-c6cc(C(C)(C)C)cc(C(C)(C)C)c6)cc5)c4)cc32)c1. The van der Waals surface area contributed by atoms with Crippen LogP contribution in [-0.2, 0) is 10.8 Å². The molecule has 0 spiro atoms. The normalized spacial score (nSPS) is 13.5. The first-order valence-electron chi connectivity index (χ1n) is 17.0. The molecule has 0 unspecified atom stereocenters. The van der Waals surface area contributed by atoms with Gasteiger partial charge in [0.2, 0.25) is 0 Å². The zero-order valence-electron chi connectivity index (χ0n) is 30.0. The second-order valence-corrected chi connectivity index (χ2v) is 13.8. The largest absolute Gasteiger partial charge is 0.456 e. The first-order valence-corrected chi connectivity index (χ1v) is 15.5. The molecule has 0 fully saturated rings. The van der Waals surface area contributed by atoms with E-state index in [0.717, 1.165) is 33.2 Å². The highest BCUT2D eigenvalue weighted by molar-refractivity contribution is 6.09. The van der Waals surface area contributed by atoms with Crippen LogP contribution in [0.15, 0.2) is 110 Å². The van der Waals surface area contributed by atoms with Gasteiger partial charge < -0.3 is 4.74 Å². The molecule has 0 aliphatic carbocycles. The van der Waals surface area contributed by atoms with Gasteiger partial charge in [0.25, 0.3) is 6.33 Å². The maximum atomic E-state index is 7.93. The van der Waals surface area contributed by atoms with Crippen LogP contribution in [0.4, 0.5) is 0 Å². The Kier molecular flexibility index (Phi) is 6.22. The second-order valence-electron chi connectivity index (χ2n) is 13.8. The number of para-hydroxylation sites is 1. The Morgan fingerprint density at radius 3 is 2.30 bits per heavy atom. The van der Waals surface area contributed by atoms with Crippen molar-refractivity contribution in [3.8, 4) is 28.7 Å². The van der Waals surface area contributed by atoms with Crippen LogP contribution in [0.1, 0.15) is 62.3 Å². The molecule has 0 amide bonds. The van der Waals surface area contributed by atoms with E-state index < -0.39 is 6.85 Å². The van der Waals surface area contributed by atoms with Crippen molar-refractivity contribution in [2.75, 3.05) is 0 Å². The van der Waals surface area contributed by atoms with Crippen molar-refractivity contribution in [3.63, 3.8) is 0 Å². The molecular weight excluding hydrogens is 566 g/mol. The maximum Gasteiger partial charge on any atom is 0.268 e. The molecule has 4 heterocycles. The third-order valence-corrected chi connectivity index (χ3v) is 8.34. The zero-order valence-corrected chi connectivity index (χ0v) is 27.0. The van der Waals surface area contributed by atoms with Gasteiger partial charge in [-0.15, -0.1) is 0 Å². The highest BCUT2D eigenvalue weighted by atomic mass is 16.5. The molecule has 0 bridgehead atoms. The molecular formula is C40H39N5O. The third kappa shape index (κ3) is 5.56. The summed E-state index contributed by atoms with van der Waals surface area (Å²) < 4.78 is 36.1. The molecule has 0 saturated heterocycles. The van der Waals surface area contributed by atoms with E-state index in [1.54, 1.807) is 24.7 Å². The monoisotopic (exact) mass is 608 g/mol. The van der Waals surface area contributed by atoms with E-state index >= 15 is 0 Å². The number of imidazole rings is 1. The Balaban J connectivity index is 1.23. The number of aryl methyl sites for hydroxylation is 1. The molecule has 3 aromatic carbocycles. The van der Waals surface area contributed by atoms with E-state index in [9.17, 15) is 0 Å². The molecule has 0 saturated carbocycles. The van der Waals surface area contributed by atoms with Crippen LogP contribution < -0.4 is 9.30 Å². The standard InChI is InChI=1S/C40H39N5O/c1-27-14-15-42-38(18-27)45-36-11-9-8-10-34(36)35-13-12-32(23-37(35)45)46-33-22-31(24-41-25-33)44-17-16-43(26-44)30-20-28(39(2,3)4)19-29(21-30)40(5,6)7/h8-25H,1-7H3/i1D3. The van der Waals surface area contributed by atoms with Gasteiger partial charge in [0.1, 0.15) is 17.3 Å². The molecule has 6 heteroatoms. The smallest absolute Gasteiger partial charge is 0.268 e. The van der Waals surface area contributed by atoms with Gasteiger partial charge in [0.05, 0.1) is 28.6 Å². The molecule has 0 aliphatic rings. The lowest BCUT2D eigenvalue weighted by Gasteiger charge is -2.26. The van der Waals surface area contributed by atoms with Crippen LogP contribution in [0.3, 0.4) is 0 Å². The van der Waals surface area contributed by atoms with Crippen molar-refractivity contribution >= 4 is 21.8 Å². The van der Waals surface area contributed by atoms with E-state index in [2.05, 4.69) is 82.1 Å². The minimum absolute atomic E-state index is 0.00436. The van der Waals surface area contributed by atoms with Gasteiger partial charge in [-0.05, 0) is 82.9 Å². The number of hydrogen-bond donors (Lipinski definition) is 0. The Labute approximate surface area is 274 Å². The molecule has 0 radical (unpaired) electrons. The van der Waals surface area contributed by atoms with Crippen LogP contribution in [0.5, 0.6) is 11.5 Å². The van der Waals surface area contributed by atoms with Gasteiger partial charge in [-0.25, -0.2) is 4.98 Å². The summed E-state index contributed by atoms with van der Waals surface area (Å²) in [5.74, 6) is 1.71. The average molecular weight is 609 g/mol. The van der Waals surface area contributed by atoms with Crippen LogP contribution in [0.2, 0.25) is 0 Å². The van der Waals surface area contributed by atoms with Crippen LogP contribution in [0.25, 0.3) is 39.0 Å². The first kappa shape index (κ1) is 26.0. The zero-order chi connectivity index (χ0) is 34.7. The molecule has 7 aromatic rings. The number of nitrogens with zero attached hydrogens (tertiary/aromatic N) is 5. The van der Waals surface area contributed by atoms with Crippen molar-refractivity contribution in [1.82, 2.24) is 19.1 Å². The summed E-state index contributed by atoms with van der Waals surface area (Å²) in [4.78, 5) is 9.05.